The molecule has 1 heterocycles. The third-order valence-electron chi connectivity index (χ3n) is 4.49. The van der Waals surface area contributed by atoms with Gasteiger partial charge in [0.1, 0.15) is 6.04 Å². The summed E-state index contributed by atoms with van der Waals surface area (Å²) in [6.45, 7) is 0.666. The van der Waals surface area contributed by atoms with Crippen LogP contribution in [0.25, 0.3) is 0 Å². The molecule has 0 saturated heterocycles. The van der Waals surface area contributed by atoms with Crippen LogP contribution in [0.2, 0.25) is 0 Å². The van der Waals surface area contributed by atoms with Crippen molar-refractivity contribution in [3.8, 4) is 0 Å². The van der Waals surface area contributed by atoms with Gasteiger partial charge in [-0.3, -0.25) is 9.59 Å². The third-order valence-corrected chi connectivity index (χ3v) is 5.82. The monoisotopic (exact) mass is 432 g/mol. The average Bonchev–Trinajstić information content (AvgIpc) is 3.09. The first-order valence-electron chi connectivity index (χ1n) is 8.55. The molecule has 1 unspecified atom stereocenters. The van der Waals surface area contributed by atoms with Crippen molar-refractivity contribution in [2.45, 2.75) is 18.9 Å². The van der Waals surface area contributed by atoms with E-state index in [1.807, 2.05) is 42.7 Å². The maximum atomic E-state index is 13.2. The number of amides is 2. The largest absolute Gasteiger partial charge is 0.340 e. The first-order valence-corrected chi connectivity index (χ1v) is 10.7. The number of carbonyl (C=O) groups is 2. The second-order valence-corrected chi connectivity index (χ2v) is 8.00. The van der Waals surface area contributed by atoms with Gasteiger partial charge in [-0.1, -0.05) is 30.3 Å². The fourth-order valence-corrected chi connectivity index (χ4v) is 4.07. The summed E-state index contributed by atoms with van der Waals surface area (Å²) in [6.07, 6.45) is 3.46. The summed E-state index contributed by atoms with van der Waals surface area (Å²) in [7, 11) is 0. The highest BCUT2D eigenvalue weighted by Gasteiger charge is 2.31. The molecule has 0 saturated carbocycles. The van der Waals surface area contributed by atoms with Crippen LogP contribution in [0, 0.1) is 0 Å². The lowest BCUT2D eigenvalue weighted by atomic mass is 10.1. The minimum absolute atomic E-state index is 0.0376. The minimum Gasteiger partial charge on any atom is -0.340 e. The molecule has 0 spiro atoms. The number of halogens is 1. The summed E-state index contributed by atoms with van der Waals surface area (Å²) < 4.78 is 0.722. The zero-order chi connectivity index (χ0) is 18.5. The Morgan fingerprint density at radius 3 is 2.69 bits per heavy atom. The van der Waals surface area contributed by atoms with Crippen molar-refractivity contribution in [3.63, 3.8) is 0 Å². The van der Waals surface area contributed by atoms with Crippen molar-refractivity contribution < 1.29 is 9.59 Å². The molecule has 2 aromatic rings. The molecule has 0 aliphatic carbocycles. The summed E-state index contributed by atoms with van der Waals surface area (Å²) in [4.78, 5) is 27.6. The Morgan fingerprint density at radius 2 is 1.92 bits per heavy atom. The predicted molar refractivity (Wildman–Crippen MR) is 111 cm³/mol. The second kappa shape index (κ2) is 8.73. The van der Waals surface area contributed by atoms with E-state index in [1.54, 1.807) is 22.7 Å². The Morgan fingerprint density at radius 1 is 1.19 bits per heavy atom. The van der Waals surface area contributed by atoms with Crippen LogP contribution < -0.4 is 10.2 Å². The van der Waals surface area contributed by atoms with Crippen molar-refractivity contribution in [2.24, 2.45) is 0 Å². The number of hydrogen-bond acceptors (Lipinski definition) is 3. The van der Waals surface area contributed by atoms with Crippen LogP contribution in [0.5, 0.6) is 0 Å². The zero-order valence-electron chi connectivity index (χ0n) is 14.6. The predicted octanol–water partition coefficient (Wildman–Crippen LogP) is 3.89. The second-order valence-electron chi connectivity index (χ2n) is 6.16. The maximum Gasteiger partial charge on any atom is 0.253 e. The molecule has 3 rings (SSSR count). The molecule has 2 aromatic carbocycles. The number of nitrogens with zero attached hydrogens (tertiary/aromatic N) is 1. The molecular formula is C20H21BrN2O2S. The zero-order valence-corrected chi connectivity index (χ0v) is 17.0. The number of hydrogen-bond donors (Lipinski definition) is 1. The quantitative estimate of drug-likeness (QED) is 0.752. The van der Waals surface area contributed by atoms with Crippen LogP contribution in [0.4, 0.5) is 5.69 Å². The van der Waals surface area contributed by atoms with E-state index in [1.165, 1.54) is 5.56 Å². The molecule has 1 N–H and O–H groups in total. The van der Waals surface area contributed by atoms with Crippen LogP contribution in [0.15, 0.2) is 53.0 Å². The topological polar surface area (TPSA) is 49.4 Å². The molecule has 0 radical (unpaired) electrons. The smallest absolute Gasteiger partial charge is 0.253 e. The van der Waals surface area contributed by atoms with Crippen molar-refractivity contribution >= 4 is 45.2 Å². The van der Waals surface area contributed by atoms with E-state index in [9.17, 15) is 9.59 Å². The number of nitrogens with one attached hydrogen (secondary N) is 1. The molecule has 1 aliphatic heterocycles. The van der Waals surface area contributed by atoms with Gasteiger partial charge >= 0.3 is 0 Å². The van der Waals surface area contributed by atoms with Crippen LogP contribution in [-0.4, -0.2) is 36.4 Å². The van der Waals surface area contributed by atoms with Crippen LogP contribution in [-0.2, 0) is 11.2 Å². The Bertz CT molecular complexity index is 812. The van der Waals surface area contributed by atoms with Crippen molar-refractivity contribution in [1.82, 2.24) is 5.32 Å². The van der Waals surface area contributed by atoms with Gasteiger partial charge in [0.2, 0.25) is 5.91 Å². The van der Waals surface area contributed by atoms with Crippen LogP contribution in [0.3, 0.4) is 0 Å². The standard InChI is InChI=1S/C20H21BrN2O2S/c1-26-13-11-17(22-19(24)15-7-3-4-8-16(15)21)20(25)23-12-10-14-6-2-5-9-18(14)23/h2-9,17H,10-13H2,1H3,(H,22,24). The lowest BCUT2D eigenvalue weighted by molar-refractivity contribution is -0.120. The van der Waals surface area contributed by atoms with Gasteiger partial charge in [0.25, 0.3) is 5.91 Å². The van der Waals surface area contributed by atoms with E-state index >= 15 is 0 Å². The van der Waals surface area contributed by atoms with Crippen LogP contribution in [0.1, 0.15) is 22.3 Å². The molecule has 6 heteroatoms. The summed E-state index contributed by atoms with van der Waals surface area (Å²) in [6, 6.07) is 14.7. The number of anilines is 1. The highest BCUT2D eigenvalue weighted by Crippen LogP contribution is 2.28. The van der Waals surface area contributed by atoms with Gasteiger partial charge < -0.3 is 10.2 Å². The third kappa shape index (κ3) is 4.13. The average molecular weight is 433 g/mol. The van der Waals surface area contributed by atoms with Crippen molar-refractivity contribution in [1.29, 1.82) is 0 Å². The lowest BCUT2D eigenvalue weighted by Crippen LogP contribution is -2.48. The molecule has 136 valence electrons. The number of rotatable bonds is 6. The maximum absolute atomic E-state index is 13.2. The van der Waals surface area contributed by atoms with E-state index in [-0.39, 0.29) is 11.8 Å². The molecule has 0 aromatic heterocycles. The fraction of sp³-hybridized carbons (Fsp3) is 0.300. The number of carbonyl (C=O) groups excluding carboxylic acids is 2. The Kier molecular flexibility index (Phi) is 6.38. The molecule has 4 nitrogen and oxygen atoms in total. The highest BCUT2D eigenvalue weighted by molar-refractivity contribution is 9.10. The first kappa shape index (κ1) is 19.0. The number of thioether (sulfide) groups is 1. The van der Waals surface area contributed by atoms with Gasteiger partial charge in [-0.15, -0.1) is 0 Å². The van der Waals surface area contributed by atoms with E-state index in [2.05, 4.69) is 27.3 Å². The SMILES string of the molecule is CSCCC(NC(=O)c1ccccc1Br)C(=O)N1CCc2ccccc21. The molecular weight excluding hydrogens is 412 g/mol. The molecule has 1 aliphatic rings. The Hall–Kier alpha value is -1.79. The summed E-state index contributed by atoms with van der Waals surface area (Å²) in [5.74, 6) is 0.538. The van der Waals surface area contributed by atoms with Gasteiger partial charge in [-0.25, -0.2) is 0 Å². The van der Waals surface area contributed by atoms with Crippen molar-refractivity contribution in [2.75, 3.05) is 23.5 Å². The van der Waals surface area contributed by atoms with Gasteiger partial charge in [-0.05, 0) is 64.5 Å². The summed E-state index contributed by atoms with van der Waals surface area (Å²) >= 11 is 5.07. The number of benzene rings is 2. The summed E-state index contributed by atoms with van der Waals surface area (Å²) in [5, 5.41) is 2.94. The van der Waals surface area contributed by atoms with Gasteiger partial charge in [0, 0.05) is 16.7 Å². The molecule has 2 amide bonds. The Labute approximate surface area is 166 Å². The molecule has 26 heavy (non-hydrogen) atoms. The van der Waals surface area contributed by atoms with Crippen LogP contribution >= 0.6 is 27.7 Å². The van der Waals surface area contributed by atoms with E-state index in [0.29, 0.717) is 18.5 Å². The normalized spacial score (nSPS) is 14.0. The van der Waals surface area contributed by atoms with E-state index < -0.39 is 6.04 Å². The van der Waals surface area contributed by atoms with Crippen molar-refractivity contribution in [3.05, 3.63) is 64.1 Å². The van der Waals surface area contributed by atoms with E-state index in [4.69, 9.17) is 0 Å². The molecule has 1 atom stereocenters. The molecule has 0 fully saturated rings. The number of para-hydroxylation sites is 1. The number of fused-ring (bicyclic) bond motifs is 1. The Balaban J connectivity index is 1.79. The van der Waals surface area contributed by atoms with Gasteiger partial charge in [-0.2, -0.15) is 11.8 Å². The van der Waals surface area contributed by atoms with Gasteiger partial charge in [0.15, 0.2) is 0 Å². The van der Waals surface area contributed by atoms with E-state index in [0.717, 1.165) is 22.3 Å². The summed E-state index contributed by atoms with van der Waals surface area (Å²) in [5.41, 5.74) is 2.68. The van der Waals surface area contributed by atoms with Gasteiger partial charge in [0.05, 0.1) is 5.56 Å². The fourth-order valence-electron chi connectivity index (χ4n) is 3.13. The highest BCUT2D eigenvalue weighted by atomic mass is 79.9. The first-order chi connectivity index (χ1) is 12.6. The lowest BCUT2D eigenvalue weighted by Gasteiger charge is -2.25. The molecule has 0 bridgehead atoms. The minimum atomic E-state index is -0.534.